The molecule has 0 bridgehead atoms. The van der Waals surface area contributed by atoms with Gasteiger partial charge in [0, 0.05) is 57.4 Å². The molecule has 0 saturated carbocycles. The molecule has 1 N–H and O–H groups in total. The summed E-state index contributed by atoms with van der Waals surface area (Å²) in [5.41, 5.74) is 4.84. The van der Waals surface area contributed by atoms with Crippen LogP contribution >= 0.6 is 23.2 Å². The van der Waals surface area contributed by atoms with Gasteiger partial charge >= 0.3 is 5.97 Å². The number of carbonyl (C=O) groups excluding carboxylic acids is 2. The van der Waals surface area contributed by atoms with Crippen LogP contribution in [0.2, 0.25) is 10.0 Å². The molecule has 1 aliphatic rings. The molecule has 1 aromatic heterocycles. The number of hydrogen-bond acceptors (Lipinski definition) is 6. The third kappa shape index (κ3) is 6.91. The maximum Gasteiger partial charge on any atom is 0.331 e. The summed E-state index contributed by atoms with van der Waals surface area (Å²) in [6.45, 7) is 6.84. The van der Waals surface area contributed by atoms with Gasteiger partial charge in [0.1, 0.15) is 0 Å². The first-order valence-corrected chi connectivity index (χ1v) is 12.6. The number of amides is 1. The fourth-order valence-corrected chi connectivity index (χ4v) is 4.57. The van der Waals surface area contributed by atoms with E-state index in [9.17, 15) is 9.59 Å². The van der Waals surface area contributed by atoms with Crippen molar-refractivity contribution in [2.75, 3.05) is 43.1 Å². The first-order valence-electron chi connectivity index (χ1n) is 11.9. The monoisotopic (exact) mass is 542 g/mol. The molecule has 1 aliphatic heterocycles. The van der Waals surface area contributed by atoms with Crippen molar-refractivity contribution < 1.29 is 19.1 Å². The summed E-state index contributed by atoms with van der Waals surface area (Å²) >= 11 is 12.6. The molecule has 0 radical (unpaired) electrons. The standard InChI is InChI=1S/C27H28Cl2N4O4/c1-18-22(19(2)33(31-18)16-23-24(28)4-3-5-25(23)29)10-11-27(35)37-17-26(34)30-20-6-8-21(9-7-20)32-12-14-36-15-13-32/h3-11H,12-17H2,1-2H3,(H,30,34). The van der Waals surface area contributed by atoms with E-state index in [-0.39, 0.29) is 0 Å². The number of nitrogens with one attached hydrogen (secondary N) is 1. The minimum absolute atomic E-state index is 0.392. The Hall–Kier alpha value is -3.33. The number of benzene rings is 2. The van der Waals surface area contributed by atoms with E-state index in [0.29, 0.717) is 35.5 Å². The number of anilines is 2. The highest BCUT2D eigenvalue weighted by atomic mass is 35.5. The van der Waals surface area contributed by atoms with E-state index >= 15 is 0 Å². The zero-order valence-corrected chi connectivity index (χ0v) is 22.2. The molecule has 3 aromatic rings. The molecular formula is C27H28Cl2N4O4. The second-order valence-electron chi connectivity index (χ2n) is 8.58. The van der Waals surface area contributed by atoms with Crippen LogP contribution in [0, 0.1) is 13.8 Å². The zero-order valence-electron chi connectivity index (χ0n) is 20.7. The number of ether oxygens (including phenoxy) is 2. The number of hydrogen-bond donors (Lipinski definition) is 1. The number of carbonyl (C=O) groups is 2. The van der Waals surface area contributed by atoms with E-state index < -0.39 is 18.5 Å². The minimum atomic E-state index is -0.626. The number of halogens is 2. The summed E-state index contributed by atoms with van der Waals surface area (Å²) in [5, 5.41) is 8.41. The fourth-order valence-electron chi connectivity index (χ4n) is 4.05. The first-order chi connectivity index (χ1) is 17.8. The predicted octanol–water partition coefficient (Wildman–Crippen LogP) is 4.89. The lowest BCUT2D eigenvalue weighted by Gasteiger charge is -2.28. The molecule has 37 heavy (non-hydrogen) atoms. The molecule has 0 unspecified atom stereocenters. The first kappa shape index (κ1) is 26.7. The molecule has 0 spiro atoms. The molecule has 1 amide bonds. The zero-order chi connectivity index (χ0) is 26.4. The average molecular weight is 543 g/mol. The molecule has 1 fully saturated rings. The Bertz CT molecular complexity index is 1280. The van der Waals surface area contributed by atoms with Crippen molar-refractivity contribution in [3.05, 3.63) is 81.1 Å². The van der Waals surface area contributed by atoms with Crippen molar-refractivity contribution in [1.29, 1.82) is 0 Å². The number of esters is 1. The highest BCUT2D eigenvalue weighted by Crippen LogP contribution is 2.26. The van der Waals surface area contributed by atoms with Gasteiger partial charge in [-0.1, -0.05) is 29.3 Å². The van der Waals surface area contributed by atoms with Crippen LogP contribution in [-0.4, -0.2) is 54.6 Å². The number of aromatic nitrogens is 2. The average Bonchev–Trinajstić information content (AvgIpc) is 3.16. The van der Waals surface area contributed by atoms with Crippen LogP contribution < -0.4 is 10.2 Å². The maximum absolute atomic E-state index is 12.2. The predicted molar refractivity (Wildman–Crippen MR) is 145 cm³/mol. The van der Waals surface area contributed by atoms with Gasteiger partial charge in [-0.05, 0) is 56.3 Å². The van der Waals surface area contributed by atoms with Gasteiger partial charge in [0.25, 0.3) is 5.91 Å². The summed E-state index contributed by atoms with van der Waals surface area (Å²) < 4.78 is 12.3. The van der Waals surface area contributed by atoms with Crippen LogP contribution in [0.15, 0.2) is 48.5 Å². The Labute approximate surface area is 225 Å². The molecule has 0 aliphatic carbocycles. The molecule has 0 atom stereocenters. The topological polar surface area (TPSA) is 85.7 Å². The summed E-state index contributed by atoms with van der Waals surface area (Å²) in [6.07, 6.45) is 2.92. The van der Waals surface area contributed by atoms with Crippen molar-refractivity contribution in [3.8, 4) is 0 Å². The molecule has 4 rings (SSSR count). The van der Waals surface area contributed by atoms with Crippen molar-refractivity contribution >= 4 is 52.5 Å². The van der Waals surface area contributed by atoms with Crippen LogP contribution in [-0.2, 0) is 25.6 Å². The van der Waals surface area contributed by atoms with Crippen molar-refractivity contribution in [3.63, 3.8) is 0 Å². The van der Waals surface area contributed by atoms with E-state index in [1.165, 1.54) is 6.08 Å². The van der Waals surface area contributed by atoms with E-state index in [2.05, 4.69) is 15.3 Å². The van der Waals surface area contributed by atoms with Crippen LogP contribution in [0.5, 0.6) is 0 Å². The van der Waals surface area contributed by atoms with Gasteiger partial charge in [0.05, 0.1) is 25.5 Å². The normalized spacial score (nSPS) is 13.7. The summed E-state index contributed by atoms with van der Waals surface area (Å²) in [6, 6.07) is 12.9. The van der Waals surface area contributed by atoms with E-state index in [0.717, 1.165) is 41.3 Å². The van der Waals surface area contributed by atoms with Gasteiger partial charge in [-0.2, -0.15) is 5.10 Å². The van der Waals surface area contributed by atoms with Crippen molar-refractivity contribution in [2.24, 2.45) is 0 Å². The summed E-state index contributed by atoms with van der Waals surface area (Å²) in [4.78, 5) is 26.7. The molecule has 8 nitrogen and oxygen atoms in total. The molecular weight excluding hydrogens is 515 g/mol. The molecule has 2 aromatic carbocycles. The third-order valence-electron chi connectivity index (χ3n) is 6.07. The van der Waals surface area contributed by atoms with Crippen LogP contribution in [0.1, 0.15) is 22.5 Å². The fraction of sp³-hybridized carbons (Fsp3) is 0.296. The Morgan fingerprint density at radius 3 is 2.43 bits per heavy atom. The molecule has 194 valence electrons. The number of rotatable bonds is 8. The Morgan fingerprint density at radius 1 is 1.08 bits per heavy atom. The number of nitrogens with zero attached hydrogens (tertiary/aromatic N) is 3. The summed E-state index contributed by atoms with van der Waals surface area (Å²) in [7, 11) is 0. The molecule has 2 heterocycles. The van der Waals surface area contributed by atoms with Crippen molar-refractivity contribution in [2.45, 2.75) is 20.4 Å². The Morgan fingerprint density at radius 2 is 1.76 bits per heavy atom. The summed E-state index contributed by atoms with van der Waals surface area (Å²) in [5.74, 6) is -1.05. The largest absolute Gasteiger partial charge is 0.452 e. The van der Waals surface area contributed by atoms with E-state index in [4.69, 9.17) is 32.7 Å². The van der Waals surface area contributed by atoms with Gasteiger partial charge in [-0.15, -0.1) is 0 Å². The second kappa shape index (κ2) is 12.3. The molecule has 10 heteroatoms. The molecule has 1 saturated heterocycles. The third-order valence-corrected chi connectivity index (χ3v) is 6.77. The van der Waals surface area contributed by atoms with E-state index in [1.54, 1.807) is 29.0 Å². The van der Waals surface area contributed by atoms with Gasteiger partial charge < -0.3 is 19.7 Å². The smallest absolute Gasteiger partial charge is 0.331 e. The maximum atomic E-state index is 12.2. The van der Waals surface area contributed by atoms with Gasteiger partial charge in [-0.3, -0.25) is 9.48 Å². The quantitative estimate of drug-likeness (QED) is 0.322. The lowest BCUT2D eigenvalue weighted by atomic mass is 10.1. The Balaban J connectivity index is 1.29. The Kier molecular flexibility index (Phi) is 8.87. The minimum Gasteiger partial charge on any atom is -0.452 e. The van der Waals surface area contributed by atoms with Gasteiger partial charge in [0.15, 0.2) is 6.61 Å². The van der Waals surface area contributed by atoms with Crippen LogP contribution in [0.4, 0.5) is 11.4 Å². The highest BCUT2D eigenvalue weighted by molar-refractivity contribution is 6.36. The lowest BCUT2D eigenvalue weighted by molar-refractivity contribution is -0.142. The second-order valence-corrected chi connectivity index (χ2v) is 9.39. The van der Waals surface area contributed by atoms with Crippen molar-refractivity contribution in [1.82, 2.24) is 9.78 Å². The van der Waals surface area contributed by atoms with Crippen LogP contribution in [0.3, 0.4) is 0 Å². The van der Waals surface area contributed by atoms with Crippen LogP contribution in [0.25, 0.3) is 6.08 Å². The SMILES string of the molecule is Cc1nn(Cc2c(Cl)cccc2Cl)c(C)c1C=CC(=O)OCC(=O)Nc1ccc(N2CCOCC2)cc1. The number of morpholine rings is 1. The van der Waals surface area contributed by atoms with E-state index in [1.807, 2.05) is 38.1 Å². The number of aryl methyl sites for hydroxylation is 1. The lowest BCUT2D eigenvalue weighted by Crippen LogP contribution is -2.36. The van der Waals surface area contributed by atoms with Gasteiger partial charge in [-0.25, -0.2) is 4.79 Å². The highest BCUT2D eigenvalue weighted by Gasteiger charge is 2.14. The van der Waals surface area contributed by atoms with Gasteiger partial charge in [0.2, 0.25) is 0 Å².